The number of amides is 1. The van der Waals surface area contributed by atoms with Crippen molar-refractivity contribution < 1.29 is 9.79 Å². The summed E-state index contributed by atoms with van der Waals surface area (Å²) in [4.78, 5) is 15.5. The Kier molecular flexibility index (Phi) is 5.57. The van der Waals surface area contributed by atoms with Crippen LogP contribution in [-0.2, 0) is 4.79 Å². The summed E-state index contributed by atoms with van der Waals surface area (Å²) in [6.45, 7) is 8.79. The summed E-state index contributed by atoms with van der Waals surface area (Å²) in [7, 11) is 1.72. The van der Waals surface area contributed by atoms with E-state index in [1.807, 2.05) is 0 Å². The molecule has 0 aromatic heterocycles. The van der Waals surface area contributed by atoms with E-state index in [4.69, 9.17) is 0 Å². The number of allylic oxidation sites excluding steroid dienone is 1. The van der Waals surface area contributed by atoms with Gasteiger partial charge in [-0.3, -0.25) is 4.79 Å². The molecule has 1 aliphatic rings. The average Bonchev–Trinajstić information content (AvgIpc) is 2.34. The molecule has 0 radical (unpaired) electrons. The third kappa shape index (κ3) is 3.69. The van der Waals surface area contributed by atoms with Crippen molar-refractivity contribution in [2.24, 2.45) is 17.8 Å². The lowest BCUT2D eigenvalue weighted by Gasteiger charge is -2.21. The molecule has 2 atom stereocenters. The van der Waals surface area contributed by atoms with Crippen LogP contribution in [0.5, 0.6) is 0 Å². The molecule has 0 aliphatic heterocycles. The molecule has 0 spiro atoms. The van der Waals surface area contributed by atoms with Crippen LogP contribution in [0.3, 0.4) is 0 Å². The molecule has 0 bridgehead atoms. The van der Waals surface area contributed by atoms with Crippen molar-refractivity contribution in [2.75, 3.05) is 7.05 Å². The van der Waals surface area contributed by atoms with Gasteiger partial charge in [-0.2, -0.15) is 0 Å². The van der Waals surface area contributed by atoms with E-state index in [1.54, 1.807) is 7.05 Å². The van der Waals surface area contributed by atoms with E-state index >= 15 is 0 Å². The van der Waals surface area contributed by atoms with Gasteiger partial charge >= 0.3 is 0 Å². The van der Waals surface area contributed by atoms with E-state index in [9.17, 15) is 4.79 Å². The molecule has 1 rings (SSSR count). The molecule has 0 aromatic carbocycles. The molecule has 2 N–H and O–H groups in total. The van der Waals surface area contributed by atoms with Crippen LogP contribution in [0.2, 0.25) is 0 Å². The van der Waals surface area contributed by atoms with Crippen LogP contribution in [0.15, 0.2) is 12.2 Å². The van der Waals surface area contributed by atoms with Crippen molar-refractivity contribution in [3.8, 4) is 0 Å². The van der Waals surface area contributed by atoms with Crippen molar-refractivity contribution in [3.05, 3.63) is 12.2 Å². The maximum absolute atomic E-state index is 11.9. The summed E-state index contributed by atoms with van der Waals surface area (Å²) in [5, 5.41) is 2.77. The van der Waals surface area contributed by atoms with Gasteiger partial charge in [-0.25, -0.2) is 4.99 Å². The van der Waals surface area contributed by atoms with E-state index in [0.717, 1.165) is 12.8 Å². The lowest BCUT2D eigenvalue weighted by atomic mass is 9.88. The molecule has 0 saturated heterocycles. The number of nitrogens with one attached hydrogen (secondary N) is 2. The molecule has 0 fully saturated rings. The van der Waals surface area contributed by atoms with Crippen molar-refractivity contribution in [1.29, 1.82) is 0 Å². The second-order valence-corrected chi connectivity index (χ2v) is 5.66. The normalized spacial score (nSPS) is 23.3. The standard InChI is InChI=1S/C15H26N2O/c1-10(2)14(11(3)4)17-13-9-7-6-8-12(13)15(18)16-5/h7,9-13H,6,8H2,1-5H3,(H,16,18)/p+1/t12-,13+/m0/s1. The summed E-state index contributed by atoms with van der Waals surface area (Å²) in [5.41, 5.74) is 1.33. The Morgan fingerprint density at radius 1 is 1.28 bits per heavy atom. The van der Waals surface area contributed by atoms with E-state index in [2.05, 4.69) is 50.2 Å². The minimum Gasteiger partial charge on any atom is -0.359 e. The van der Waals surface area contributed by atoms with Gasteiger partial charge in [0.2, 0.25) is 5.91 Å². The van der Waals surface area contributed by atoms with Crippen LogP contribution in [0.4, 0.5) is 0 Å². The summed E-state index contributed by atoms with van der Waals surface area (Å²) in [6, 6.07) is 0.138. The highest BCUT2D eigenvalue weighted by molar-refractivity contribution is 5.83. The molecule has 0 aromatic rings. The van der Waals surface area contributed by atoms with Crippen LogP contribution in [0, 0.1) is 17.8 Å². The zero-order valence-corrected chi connectivity index (χ0v) is 12.3. The van der Waals surface area contributed by atoms with Crippen molar-refractivity contribution in [3.63, 3.8) is 0 Å². The third-order valence-electron chi connectivity index (χ3n) is 3.58. The maximum Gasteiger partial charge on any atom is 0.229 e. The lowest BCUT2D eigenvalue weighted by molar-refractivity contribution is -0.502. The second kappa shape index (κ2) is 6.72. The number of hydrogen-bond donors (Lipinski definition) is 2. The van der Waals surface area contributed by atoms with Crippen molar-refractivity contribution in [1.82, 2.24) is 5.32 Å². The fourth-order valence-corrected chi connectivity index (χ4v) is 2.65. The second-order valence-electron chi connectivity index (χ2n) is 5.66. The Hall–Kier alpha value is -1.12. The number of carbonyl (C=O) groups is 1. The smallest absolute Gasteiger partial charge is 0.229 e. The molecule has 102 valence electrons. The average molecular weight is 251 g/mol. The topological polar surface area (TPSA) is 43.1 Å². The molecular formula is C15H27N2O+. The summed E-state index contributed by atoms with van der Waals surface area (Å²) in [6.07, 6.45) is 6.25. The van der Waals surface area contributed by atoms with E-state index in [0.29, 0.717) is 11.8 Å². The molecule has 1 aliphatic carbocycles. The van der Waals surface area contributed by atoms with E-state index < -0.39 is 0 Å². The quantitative estimate of drug-likeness (QED) is 0.566. The van der Waals surface area contributed by atoms with Crippen LogP contribution in [0.25, 0.3) is 0 Å². The molecule has 3 heteroatoms. The number of hydrogen-bond acceptors (Lipinski definition) is 1. The minimum absolute atomic E-state index is 0.0486. The summed E-state index contributed by atoms with van der Waals surface area (Å²) < 4.78 is 0. The predicted molar refractivity (Wildman–Crippen MR) is 75.4 cm³/mol. The Morgan fingerprint density at radius 2 is 1.89 bits per heavy atom. The minimum atomic E-state index is 0.0486. The Balaban J connectivity index is 2.96. The van der Waals surface area contributed by atoms with Gasteiger partial charge in [-0.1, -0.05) is 33.8 Å². The van der Waals surface area contributed by atoms with Crippen molar-refractivity contribution >= 4 is 11.6 Å². The molecule has 0 heterocycles. The Labute approximate surface area is 111 Å². The van der Waals surface area contributed by atoms with Gasteiger partial charge < -0.3 is 5.32 Å². The fraction of sp³-hybridized carbons (Fsp3) is 0.733. The first-order valence-corrected chi connectivity index (χ1v) is 6.98. The van der Waals surface area contributed by atoms with E-state index in [-0.39, 0.29) is 17.9 Å². The van der Waals surface area contributed by atoms with Gasteiger partial charge in [0, 0.05) is 18.9 Å². The van der Waals surface area contributed by atoms with Crippen LogP contribution >= 0.6 is 0 Å². The molecule has 0 saturated carbocycles. The van der Waals surface area contributed by atoms with Gasteiger partial charge in [0.25, 0.3) is 0 Å². The van der Waals surface area contributed by atoms with Crippen LogP contribution in [0.1, 0.15) is 40.5 Å². The zero-order chi connectivity index (χ0) is 13.7. The predicted octanol–water partition coefficient (Wildman–Crippen LogP) is 0.901. The van der Waals surface area contributed by atoms with Gasteiger partial charge in [-0.15, -0.1) is 0 Å². The van der Waals surface area contributed by atoms with Crippen LogP contribution < -0.4 is 10.3 Å². The fourth-order valence-electron chi connectivity index (χ4n) is 2.65. The number of carbonyl (C=O) groups excluding carboxylic acids is 1. The van der Waals surface area contributed by atoms with Gasteiger partial charge in [0.05, 0.1) is 0 Å². The highest BCUT2D eigenvalue weighted by Crippen LogP contribution is 2.16. The summed E-state index contributed by atoms with van der Waals surface area (Å²) in [5.74, 6) is 1.17. The maximum atomic E-state index is 11.9. The first-order valence-electron chi connectivity index (χ1n) is 6.98. The SMILES string of the molecule is CNC(=O)[C@H]1CCC=C[C@H]1[NH+]=C(C(C)C)C(C)C. The Bertz CT molecular complexity index is 332. The molecular weight excluding hydrogens is 224 g/mol. The molecule has 0 unspecified atom stereocenters. The zero-order valence-electron chi connectivity index (χ0n) is 12.3. The monoisotopic (exact) mass is 251 g/mol. The summed E-state index contributed by atoms with van der Waals surface area (Å²) >= 11 is 0. The lowest BCUT2D eigenvalue weighted by Crippen LogP contribution is -2.83. The molecule has 1 amide bonds. The first-order chi connectivity index (χ1) is 8.47. The third-order valence-corrected chi connectivity index (χ3v) is 3.58. The number of rotatable bonds is 4. The highest BCUT2D eigenvalue weighted by Gasteiger charge is 2.32. The Morgan fingerprint density at radius 3 is 2.39 bits per heavy atom. The van der Waals surface area contributed by atoms with Gasteiger partial charge in [0.15, 0.2) is 11.8 Å². The van der Waals surface area contributed by atoms with E-state index in [1.165, 1.54) is 5.71 Å². The molecule has 3 nitrogen and oxygen atoms in total. The highest BCUT2D eigenvalue weighted by atomic mass is 16.1. The molecule has 18 heavy (non-hydrogen) atoms. The first kappa shape index (κ1) is 14.9. The van der Waals surface area contributed by atoms with Crippen LogP contribution in [-0.4, -0.2) is 24.7 Å². The van der Waals surface area contributed by atoms with Gasteiger partial charge in [0.1, 0.15) is 5.92 Å². The van der Waals surface area contributed by atoms with Gasteiger partial charge in [-0.05, 0) is 18.9 Å². The van der Waals surface area contributed by atoms with Crippen molar-refractivity contribution in [2.45, 2.75) is 46.6 Å². The largest absolute Gasteiger partial charge is 0.359 e.